The topological polar surface area (TPSA) is 79.3 Å². The highest BCUT2D eigenvalue weighted by Crippen LogP contribution is 2.40. The zero-order valence-electron chi connectivity index (χ0n) is 20.8. The number of benzene rings is 2. The van der Waals surface area contributed by atoms with E-state index >= 15 is 0 Å². The summed E-state index contributed by atoms with van der Waals surface area (Å²) in [6, 6.07) is 12.3. The highest BCUT2D eigenvalue weighted by Gasteiger charge is 2.45. The second-order valence-electron chi connectivity index (χ2n) is 8.97. The molecule has 1 aliphatic heterocycles. The lowest BCUT2D eigenvalue weighted by atomic mass is 9.94. The molecule has 7 nitrogen and oxygen atoms in total. The first-order valence-electron chi connectivity index (χ1n) is 11.5. The normalized spacial score (nSPS) is 17.5. The van der Waals surface area contributed by atoms with Crippen LogP contribution in [0.5, 0.6) is 5.75 Å². The van der Waals surface area contributed by atoms with E-state index in [-0.39, 0.29) is 17.4 Å². The third-order valence-corrected chi connectivity index (χ3v) is 5.82. The number of hydrogen-bond acceptors (Lipinski definition) is 6. The zero-order valence-corrected chi connectivity index (χ0v) is 20.8. The molecule has 1 fully saturated rings. The first-order chi connectivity index (χ1) is 16.1. The van der Waals surface area contributed by atoms with Gasteiger partial charge in [0.15, 0.2) is 0 Å². The van der Waals surface area contributed by atoms with Crippen molar-refractivity contribution in [3.05, 3.63) is 64.7 Å². The molecule has 1 aliphatic rings. The smallest absolute Gasteiger partial charge is 0.295 e. The maximum absolute atomic E-state index is 13.1. The fourth-order valence-electron chi connectivity index (χ4n) is 4.13. The molecule has 0 radical (unpaired) electrons. The Kier molecular flexibility index (Phi) is 7.99. The molecule has 1 saturated heterocycles. The van der Waals surface area contributed by atoms with Gasteiger partial charge in [-0.1, -0.05) is 12.1 Å². The summed E-state index contributed by atoms with van der Waals surface area (Å²) in [5.74, 6) is -0.775. The van der Waals surface area contributed by atoms with Crippen LogP contribution in [-0.2, 0) is 14.3 Å². The number of ketones is 1. The number of nitrogens with zero attached hydrogens (tertiary/aromatic N) is 2. The number of methoxy groups -OCH3 is 1. The predicted octanol–water partition coefficient (Wildman–Crippen LogP) is 4.31. The van der Waals surface area contributed by atoms with Gasteiger partial charge in [0, 0.05) is 45.6 Å². The monoisotopic (exact) mass is 466 g/mol. The van der Waals surface area contributed by atoms with Crippen LogP contribution >= 0.6 is 0 Å². The Balaban J connectivity index is 2.09. The first-order valence-corrected chi connectivity index (χ1v) is 11.5. The van der Waals surface area contributed by atoms with E-state index in [1.165, 1.54) is 4.90 Å². The zero-order chi connectivity index (χ0) is 25.0. The van der Waals surface area contributed by atoms with Crippen molar-refractivity contribution in [3.8, 4) is 5.75 Å². The van der Waals surface area contributed by atoms with Crippen LogP contribution in [-0.4, -0.2) is 62.2 Å². The molecule has 0 aliphatic carbocycles. The third-order valence-electron chi connectivity index (χ3n) is 5.82. The molecule has 0 saturated carbocycles. The van der Waals surface area contributed by atoms with E-state index in [1.54, 1.807) is 25.3 Å². The quantitative estimate of drug-likeness (QED) is 0.257. The van der Waals surface area contributed by atoms with E-state index in [0.717, 1.165) is 16.8 Å². The van der Waals surface area contributed by atoms with Crippen molar-refractivity contribution < 1.29 is 24.2 Å². The number of hydrogen-bond donors (Lipinski definition) is 1. The number of likely N-dealkylation sites (tertiary alicyclic amines) is 1. The van der Waals surface area contributed by atoms with E-state index in [0.29, 0.717) is 30.9 Å². The Labute approximate surface area is 201 Å². The highest BCUT2D eigenvalue weighted by atomic mass is 16.5. The van der Waals surface area contributed by atoms with Crippen LogP contribution in [0, 0.1) is 6.92 Å². The van der Waals surface area contributed by atoms with Gasteiger partial charge in [0.2, 0.25) is 0 Å². The summed E-state index contributed by atoms with van der Waals surface area (Å²) in [6.45, 7) is 6.58. The van der Waals surface area contributed by atoms with Crippen molar-refractivity contribution in [1.29, 1.82) is 0 Å². The van der Waals surface area contributed by atoms with Crippen LogP contribution in [0.3, 0.4) is 0 Å². The SMILES string of the molecule is COCCCN1C(=O)C(=O)/C(=C(\O)c2ccc(OC(C)C)c(C)c2)C1c1ccc(N(C)C)cc1. The molecule has 2 aromatic carbocycles. The maximum atomic E-state index is 13.1. The molecular formula is C27H34N2O5. The minimum atomic E-state index is -0.684. The van der Waals surface area contributed by atoms with Crippen molar-refractivity contribution >= 4 is 23.1 Å². The van der Waals surface area contributed by atoms with Crippen LogP contribution in [0.15, 0.2) is 48.0 Å². The molecule has 0 bridgehead atoms. The molecule has 34 heavy (non-hydrogen) atoms. The fourth-order valence-corrected chi connectivity index (χ4v) is 4.13. The number of ether oxygens (including phenoxy) is 2. The highest BCUT2D eigenvalue weighted by molar-refractivity contribution is 6.46. The molecule has 1 N–H and O–H groups in total. The van der Waals surface area contributed by atoms with Crippen molar-refractivity contribution in [2.75, 3.05) is 39.3 Å². The average molecular weight is 467 g/mol. The Hall–Kier alpha value is -3.32. The molecule has 1 atom stereocenters. The lowest BCUT2D eigenvalue weighted by Gasteiger charge is -2.26. The summed E-state index contributed by atoms with van der Waals surface area (Å²) in [4.78, 5) is 29.7. The molecule has 0 spiro atoms. The fraction of sp³-hybridized carbons (Fsp3) is 0.407. The van der Waals surface area contributed by atoms with E-state index in [2.05, 4.69) is 0 Å². The molecule has 1 heterocycles. The number of Topliss-reactive ketones (excluding diaryl/α,β-unsaturated/α-hetero) is 1. The summed E-state index contributed by atoms with van der Waals surface area (Å²) >= 11 is 0. The van der Waals surface area contributed by atoms with Crippen molar-refractivity contribution in [2.24, 2.45) is 0 Å². The molecule has 182 valence electrons. The minimum Gasteiger partial charge on any atom is -0.507 e. The van der Waals surface area contributed by atoms with Gasteiger partial charge in [-0.2, -0.15) is 0 Å². The number of aliphatic hydroxyl groups is 1. The van der Waals surface area contributed by atoms with Gasteiger partial charge in [0.05, 0.1) is 17.7 Å². The van der Waals surface area contributed by atoms with Crippen molar-refractivity contribution in [3.63, 3.8) is 0 Å². The Bertz CT molecular complexity index is 1070. The lowest BCUT2D eigenvalue weighted by molar-refractivity contribution is -0.140. The molecule has 3 rings (SSSR count). The number of rotatable bonds is 9. The largest absolute Gasteiger partial charge is 0.507 e. The molecule has 7 heteroatoms. The van der Waals surface area contributed by atoms with Crippen LogP contribution in [0.25, 0.3) is 5.76 Å². The molecule has 2 aromatic rings. The van der Waals surface area contributed by atoms with Crippen LogP contribution < -0.4 is 9.64 Å². The minimum absolute atomic E-state index is 0.0145. The van der Waals surface area contributed by atoms with E-state index in [9.17, 15) is 14.7 Å². The number of aryl methyl sites for hydroxylation is 1. The van der Waals surface area contributed by atoms with Gasteiger partial charge < -0.3 is 24.4 Å². The van der Waals surface area contributed by atoms with Crippen molar-refractivity contribution in [1.82, 2.24) is 4.90 Å². The third kappa shape index (κ3) is 5.25. The summed E-state index contributed by atoms with van der Waals surface area (Å²) in [5.41, 5.74) is 3.16. The van der Waals surface area contributed by atoms with E-state index < -0.39 is 17.7 Å². The standard InChI is InChI=1S/C27H34N2O5/c1-17(2)34-22-13-10-20(16-18(22)3)25(30)23-24(19-8-11-21(12-9-19)28(4)5)29(14-7-15-33-6)27(32)26(23)31/h8-13,16-17,24,30H,7,14-15H2,1-6H3/b25-23-. The van der Waals surface area contributed by atoms with Gasteiger partial charge >= 0.3 is 0 Å². The lowest BCUT2D eigenvalue weighted by Crippen LogP contribution is -2.31. The van der Waals surface area contributed by atoms with Crippen molar-refractivity contribution in [2.45, 2.75) is 39.3 Å². The summed E-state index contributed by atoms with van der Waals surface area (Å²) in [7, 11) is 5.49. The summed E-state index contributed by atoms with van der Waals surface area (Å²) in [6.07, 6.45) is 0.594. The number of carbonyl (C=O) groups excluding carboxylic acids is 2. The van der Waals surface area contributed by atoms with E-state index in [1.807, 2.05) is 64.0 Å². The maximum Gasteiger partial charge on any atom is 0.295 e. The number of amides is 1. The van der Waals surface area contributed by atoms with E-state index in [4.69, 9.17) is 9.47 Å². The van der Waals surface area contributed by atoms with Gasteiger partial charge in [0.25, 0.3) is 11.7 Å². The Morgan fingerprint density at radius 2 is 1.79 bits per heavy atom. The van der Waals surface area contributed by atoms with Gasteiger partial charge in [0.1, 0.15) is 11.5 Å². The Morgan fingerprint density at radius 3 is 2.35 bits per heavy atom. The molecule has 1 unspecified atom stereocenters. The number of anilines is 1. The predicted molar refractivity (Wildman–Crippen MR) is 133 cm³/mol. The molecule has 0 aromatic heterocycles. The van der Waals surface area contributed by atoms with Gasteiger partial charge in [-0.15, -0.1) is 0 Å². The average Bonchev–Trinajstić information content (AvgIpc) is 3.05. The summed E-state index contributed by atoms with van der Waals surface area (Å²) in [5, 5.41) is 11.3. The van der Waals surface area contributed by atoms with Gasteiger partial charge in [-0.05, 0) is 68.7 Å². The van der Waals surface area contributed by atoms with Gasteiger partial charge in [-0.3, -0.25) is 9.59 Å². The van der Waals surface area contributed by atoms with Crippen LogP contribution in [0.2, 0.25) is 0 Å². The first kappa shape index (κ1) is 25.3. The number of aliphatic hydroxyl groups excluding tert-OH is 1. The Morgan fingerprint density at radius 1 is 1.12 bits per heavy atom. The second-order valence-corrected chi connectivity index (χ2v) is 8.97. The molecular weight excluding hydrogens is 432 g/mol. The summed E-state index contributed by atoms with van der Waals surface area (Å²) < 4.78 is 10.9. The van der Waals surface area contributed by atoms with Crippen LogP contribution in [0.1, 0.15) is 43.0 Å². The van der Waals surface area contributed by atoms with Crippen LogP contribution in [0.4, 0.5) is 5.69 Å². The van der Waals surface area contributed by atoms with Gasteiger partial charge in [-0.25, -0.2) is 0 Å². The number of carbonyl (C=O) groups is 2. The second kappa shape index (κ2) is 10.7. The molecule has 1 amide bonds.